The molecule has 0 atom stereocenters. The van der Waals surface area contributed by atoms with Crippen LogP contribution in [-0.4, -0.2) is 11.3 Å². The van der Waals surface area contributed by atoms with E-state index in [-0.39, 0.29) is 0 Å². The summed E-state index contributed by atoms with van der Waals surface area (Å²) in [7, 11) is 0. The van der Waals surface area contributed by atoms with Gasteiger partial charge < -0.3 is 9.40 Å². The molecule has 0 radical (unpaired) electrons. The molecule has 0 unspecified atom stereocenters. The van der Waals surface area contributed by atoms with E-state index in [0.717, 1.165) is 28.2 Å². The van der Waals surface area contributed by atoms with Gasteiger partial charge in [-0.3, -0.25) is 4.79 Å². The molecule has 3 rings (SSSR count). The molecule has 1 aromatic carbocycles. The number of aromatic amines is 1. The number of carbonyl (C=O) groups excluding carboxylic acids is 1. The first-order valence-corrected chi connectivity index (χ1v) is 4.75. The smallest absolute Gasteiger partial charge is 0.206 e. The maximum atomic E-state index is 10.6. The predicted octanol–water partition coefficient (Wildman–Crippen LogP) is 3.04. The molecular formula is C12H9NO2. The lowest BCUT2D eigenvalue weighted by Crippen LogP contribution is -1.75. The van der Waals surface area contributed by atoms with Gasteiger partial charge in [-0.05, 0) is 24.6 Å². The van der Waals surface area contributed by atoms with Gasteiger partial charge >= 0.3 is 0 Å². The molecule has 0 bridgehead atoms. The Morgan fingerprint density at radius 3 is 2.93 bits per heavy atom. The van der Waals surface area contributed by atoms with Crippen LogP contribution in [-0.2, 0) is 0 Å². The molecule has 0 fully saturated rings. The van der Waals surface area contributed by atoms with Gasteiger partial charge in [0.25, 0.3) is 0 Å². The van der Waals surface area contributed by atoms with Crippen molar-refractivity contribution in [2.24, 2.45) is 0 Å². The number of aryl methyl sites for hydroxylation is 1. The molecule has 1 N–H and O–H groups in total. The summed E-state index contributed by atoms with van der Waals surface area (Å²) in [5.74, 6) is 0. The van der Waals surface area contributed by atoms with Crippen LogP contribution < -0.4 is 0 Å². The molecule has 3 aromatic rings. The maximum absolute atomic E-state index is 10.6. The average molecular weight is 199 g/mol. The monoisotopic (exact) mass is 199 g/mol. The third kappa shape index (κ3) is 1.09. The van der Waals surface area contributed by atoms with Gasteiger partial charge in [0.1, 0.15) is 5.58 Å². The van der Waals surface area contributed by atoms with Crippen LogP contribution >= 0.6 is 0 Å². The van der Waals surface area contributed by atoms with Gasteiger partial charge in [0.2, 0.25) is 5.71 Å². The summed E-state index contributed by atoms with van der Waals surface area (Å²) < 4.78 is 5.60. The van der Waals surface area contributed by atoms with Crippen molar-refractivity contribution in [2.45, 2.75) is 6.92 Å². The lowest BCUT2D eigenvalue weighted by Gasteiger charge is -1.90. The van der Waals surface area contributed by atoms with Gasteiger partial charge in [0.05, 0.1) is 5.69 Å². The Hall–Kier alpha value is -2.03. The number of H-pyrrole nitrogens is 1. The highest BCUT2D eigenvalue weighted by Gasteiger charge is 2.09. The Morgan fingerprint density at radius 2 is 2.13 bits per heavy atom. The first-order valence-electron chi connectivity index (χ1n) is 4.75. The molecule has 0 spiro atoms. The minimum absolute atomic E-state index is 0.547. The molecule has 0 saturated heterocycles. The number of hydrogen-bond acceptors (Lipinski definition) is 2. The van der Waals surface area contributed by atoms with Crippen LogP contribution in [0.2, 0.25) is 0 Å². The number of benzene rings is 1. The van der Waals surface area contributed by atoms with Crippen molar-refractivity contribution < 1.29 is 9.21 Å². The van der Waals surface area contributed by atoms with E-state index in [1.165, 1.54) is 0 Å². The van der Waals surface area contributed by atoms with E-state index >= 15 is 0 Å². The molecule has 0 amide bonds. The lowest BCUT2D eigenvalue weighted by atomic mass is 10.1. The third-order valence-corrected chi connectivity index (χ3v) is 2.57. The summed E-state index contributed by atoms with van der Waals surface area (Å²) in [5.41, 5.74) is 3.23. The van der Waals surface area contributed by atoms with Crippen molar-refractivity contribution >= 4 is 28.4 Å². The molecule has 2 heterocycles. The highest BCUT2D eigenvalue weighted by Crippen LogP contribution is 2.29. The fourth-order valence-electron chi connectivity index (χ4n) is 1.85. The summed E-state index contributed by atoms with van der Waals surface area (Å²) in [4.78, 5) is 13.5. The molecule has 0 aliphatic carbocycles. The van der Waals surface area contributed by atoms with E-state index in [4.69, 9.17) is 4.42 Å². The Labute approximate surface area is 85.7 Å². The number of carbonyl (C=O) groups is 1. The zero-order valence-electron chi connectivity index (χ0n) is 8.20. The van der Waals surface area contributed by atoms with Crippen molar-refractivity contribution in [1.82, 2.24) is 4.98 Å². The average Bonchev–Trinajstić information content (AvgIpc) is 2.73. The second kappa shape index (κ2) is 2.73. The summed E-state index contributed by atoms with van der Waals surface area (Å²) in [6.45, 7) is 2.02. The van der Waals surface area contributed by atoms with Crippen molar-refractivity contribution in [3.8, 4) is 0 Å². The molecular weight excluding hydrogens is 190 g/mol. The highest BCUT2D eigenvalue weighted by molar-refractivity contribution is 6.05. The maximum Gasteiger partial charge on any atom is 0.206 e. The molecule has 0 saturated carbocycles. The summed E-state index contributed by atoms with van der Waals surface area (Å²) in [6.07, 6.45) is 0.787. The van der Waals surface area contributed by atoms with E-state index in [2.05, 4.69) is 4.98 Å². The normalized spacial score (nSPS) is 11.3. The van der Waals surface area contributed by atoms with Crippen LogP contribution in [0, 0.1) is 6.92 Å². The molecule has 74 valence electrons. The largest absolute Gasteiger partial charge is 0.440 e. The van der Waals surface area contributed by atoms with E-state index in [1.54, 1.807) is 0 Å². The first-order chi connectivity index (χ1) is 7.28. The fourth-order valence-corrected chi connectivity index (χ4v) is 1.85. The Morgan fingerprint density at radius 1 is 1.27 bits per heavy atom. The van der Waals surface area contributed by atoms with Gasteiger partial charge in [-0.2, -0.15) is 0 Å². The highest BCUT2D eigenvalue weighted by atomic mass is 16.3. The summed E-state index contributed by atoms with van der Waals surface area (Å²) in [5, 5.41) is 2.01. The van der Waals surface area contributed by atoms with Crippen LogP contribution in [0.5, 0.6) is 0 Å². The number of aldehydes is 1. The van der Waals surface area contributed by atoms with Gasteiger partial charge in [-0.25, -0.2) is 0 Å². The fraction of sp³-hybridized carbons (Fsp3) is 0.0833. The van der Waals surface area contributed by atoms with Crippen LogP contribution in [0.15, 0.2) is 28.7 Å². The van der Waals surface area contributed by atoms with E-state index in [1.807, 2.05) is 31.2 Å². The second-order valence-electron chi connectivity index (χ2n) is 3.69. The van der Waals surface area contributed by atoms with Gasteiger partial charge in [0, 0.05) is 10.8 Å². The Balaban J connectivity index is 2.45. The third-order valence-electron chi connectivity index (χ3n) is 2.57. The molecule has 15 heavy (non-hydrogen) atoms. The number of rotatable bonds is 1. The second-order valence-corrected chi connectivity index (χ2v) is 3.69. The van der Waals surface area contributed by atoms with Crippen molar-refractivity contribution in [2.75, 3.05) is 0 Å². The number of nitrogens with one attached hydrogen (secondary N) is 1. The number of aromatic nitrogens is 1. The minimum atomic E-state index is 0.547. The summed E-state index contributed by atoms with van der Waals surface area (Å²) >= 11 is 0. The van der Waals surface area contributed by atoms with Crippen LogP contribution in [0.25, 0.3) is 22.1 Å². The number of hydrogen-bond donors (Lipinski definition) is 1. The van der Waals surface area contributed by atoms with Gasteiger partial charge in [-0.1, -0.05) is 12.1 Å². The molecule has 0 aliphatic rings. The molecule has 3 nitrogen and oxygen atoms in total. The minimum Gasteiger partial charge on any atom is -0.440 e. The molecule has 0 aliphatic heterocycles. The van der Waals surface area contributed by atoms with Gasteiger partial charge in [0.15, 0.2) is 6.29 Å². The number of furan rings is 1. The molecule has 2 aromatic heterocycles. The quantitative estimate of drug-likeness (QED) is 0.612. The predicted molar refractivity (Wildman–Crippen MR) is 58.2 cm³/mol. The SMILES string of the molecule is Cc1ccc2c(c1)oc1[nH]c(C=O)cc12. The standard InChI is InChI=1S/C12H9NO2/c1-7-2-3-9-10-5-8(6-14)13-12(10)15-11(9)4-7/h2-6,13H,1H3. The van der Waals surface area contributed by atoms with Crippen molar-refractivity contribution in [1.29, 1.82) is 0 Å². The number of fused-ring (bicyclic) bond motifs is 3. The van der Waals surface area contributed by atoms with E-state index < -0.39 is 0 Å². The van der Waals surface area contributed by atoms with Crippen molar-refractivity contribution in [3.05, 3.63) is 35.5 Å². The molecule has 3 heteroatoms. The van der Waals surface area contributed by atoms with Gasteiger partial charge in [-0.15, -0.1) is 0 Å². The topological polar surface area (TPSA) is 46.0 Å². The zero-order valence-corrected chi connectivity index (χ0v) is 8.20. The van der Waals surface area contributed by atoms with E-state index in [0.29, 0.717) is 11.4 Å². The summed E-state index contributed by atoms with van der Waals surface area (Å²) in [6, 6.07) is 7.84. The van der Waals surface area contributed by atoms with Crippen LogP contribution in [0.1, 0.15) is 16.1 Å². The Kier molecular flexibility index (Phi) is 1.51. The zero-order chi connectivity index (χ0) is 10.4. The van der Waals surface area contributed by atoms with Crippen molar-refractivity contribution in [3.63, 3.8) is 0 Å². The van der Waals surface area contributed by atoms with E-state index in [9.17, 15) is 4.79 Å². The first kappa shape index (κ1) is 8.29. The lowest BCUT2D eigenvalue weighted by molar-refractivity contribution is 0.111. The van der Waals surface area contributed by atoms with Crippen LogP contribution in [0.4, 0.5) is 0 Å². The van der Waals surface area contributed by atoms with Crippen LogP contribution in [0.3, 0.4) is 0 Å². The Bertz CT molecular complexity index is 661.